The van der Waals surface area contributed by atoms with E-state index >= 15 is 0 Å². The van der Waals surface area contributed by atoms with Crippen molar-refractivity contribution in [3.63, 3.8) is 0 Å². The van der Waals surface area contributed by atoms with Crippen LogP contribution in [0.2, 0.25) is 5.02 Å². The van der Waals surface area contributed by atoms with Crippen molar-refractivity contribution in [2.45, 2.75) is 70.3 Å². The Hall–Kier alpha value is -1.82. The highest BCUT2D eigenvalue weighted by molar-refractivity contribution is 6.30. The van der Waals surface area contributed by atoms with Gasteiger partial charge in [0.2, 0.25) is 0 Å². The second-order valence-electron chi connectivity index (χ2n) is 8.79. The molecule has 3 rings (SSSR count). The third-order valence-corrected chi connectivity index (χ3v) is 6.95. The molecule has 160 valence electrons. The zero-order valence-corrected chi connectivity index (χ0v) is 19.1. The van der Waals surface area contributed by atoms with Crippen LogP contribution >= 0.6 is 11.6 Å². The van der Waals surface area contributed by atoms with Gasteiger partial charge in [-0.3, -0.25) is 4.90 Å². The number of nitriles is 1. The van der Waals surface area contributed by atoms with Crippen LogP contribution in [0.3, 0.4) is 0 Å². The lowest BCUT2D eigenvalue weighted by molar-refractivity contribution is 0.211. The highest BCUT2D eigenvalue weighted by Gasteiger charge is 2.40. The van der Waals surface area contributed by atoms with Crippen LogP contribution in [-0.4, -0.2) is 18.0 Å². The molecule has 0 heterocycles. The van der Waals surface area contributed by atoms with Crippen LogP contribution in [0.4, 0.5) is 0 Å². The van der Waals surface area contributed by atoms with Gasteiger partial charge in [0.05, 0.1) is 11.5 Å². The summed E-state index contributed by atoms with van der Waals surface area (Å²) in [5.74, 6) is 0.450. The topological polar surface area (TPSA) is 27.0 Å². The first-order valence-corrected chi connectivity index (χ1v) is 12.0. The minimum atomic E-state index is -0.393. The van der Waals surface area contributed by atoms with Gasteiger partial charge in [0, 0.05) is 11.6 Å². The summed E-state index contributed by atoms with van der Waals surface area (Å²) in [6.07, 6.45) is 9.24. The summed E-state index contributed by atoms with van der Waals surface area (Å²) < 4.78 is 0. The lowest BCUT2D eigenvalue weighted by Crippen LogP contribution is -2.36. The molecule has 0 amide bonds. The molecule has 3 heteroatoms. The molecule has 1 atom stereocenters. The Morgan fingerprint density at radius 1 is 1.00 bits per heavy atom. The SMILES string of the molecule is CCCN(CCCC(C#N)(c1ccc(Cl)cc1)C1CCCCC1)Cc1ccccc1. The molecule has 1 fully saturated rings. The van der Waals surface area contributed by atoms with Crippen LogP contribution in [-0.2, 0) is 12.0 Å². The molecule has 0 saturated heterocycles. The van der Waals surface area contributed by atoms with Crippen LogP contribution in [0.1, 0.15) is 69.4 Å². The van der Waals surface area contributed by atoms with Gasteiger partial charge in [-0.05, 0) is 74.4 Å². The number of hydrogen-bond acceptors (Lipinski definition) is 2. The van der Waals surface area contributed by atoms with Crippen molar-refractivity contribution < 1.29 is 0 Å². The number of benzene rings is 2. The normalized spacial score (nSPS) is 16.9. The van der Waals surface area contributed by atoms with Crippen LogP contribution in [0, 0.1) is 17.2 Å². The van der Waals surface area contributed by atoms with Crippen molar-refractivity contribution in [1.29, 1.82) is 5.26 Å². The average molecular weight is 423 g/mol. The number of nitrogens with zero attached hydrogens (tertiary/aromatic N) is 2. The van der Waals surface area contributed by atoms with Crippen LogP contribution in [0.15, 0.2) is 54.6 Å². The molecule has 0 N–H and O–H groups in total. The minimum absolute atomic E-state index is 0.393. The Bertz CT molecular complexity index is 790. The quantitative estimate of drug-likeness (QED) is 0.399. The second-order valence-corrected chi connectivity index (χ2v) is 9.23. The van der Waals surface area contributed by atoms with Gasteiger partial charge in [-0.15, -0.1) is 0 Å². The molecule has 1 unspecified atom stereocenters. The molecule has 2 aromatic carbocycles. The molecular formula is C27H35ClN2. The molecule has 1 aliphatic carbocycles. The Labute approximate surface area is 187 Å². The molecule has 2 aromatic rings. The first kappa shape index (κ1) is 22.9. The highest BCUT2D eigenvalue weighted by atomic mass is 35.5. The van der Waals surface area contributed by atoms with Gasteiger partial charge in [-0.1, -0.05) is 80.3 Å². The molecule has 0 bridgehead atoms. The summed E-state index contributed by atoms with van der Waals surface area (Å²) in [4.78, 5) is 2.54. The third kappa shape index (κ3) is 5.87. The molecule has 1 aliphatic rings. The zero-order chi connectivity index (χ0) is 21.2. The van der Waals surface area contributed by atoms with E-state index in [2.05, 4.69) is 60.4 Å². The molecule has 0 spiro atoms. The molecule has 30 heavy (non-hydrogen) atoms. The maximum atomic E-state index is 10.5. The summed E-state index contributed by atoms with van der Waals surface area (Å²) in [6.45, 7) is 5.36. The first-order chi connectivity index (χ1) is 14.7. The highest BCUT2D eigenvalue weighted by Crippen LogP contribution is 2.44. The van der Waals surface area contributed by atoms with Gasteiger partial charge in [-0.25, -0.2) is 0 Å². The van der Waals surface area contributed by atoms with E-state index in [1.54, 1.807) is 0 Å². The standard InChI is InChI=1S/C27H35ClN2/c1-2-19-30(21-23-10-5-3-6-11-23)20-9-18-27(22-29,24-12-7-4-8-13-24)25-14-16-26(28)17-15-25/h3,5-6,10-11,14-17,24H,2,4,7-9,12-13,18-21H2,1H3. The minimum Gasteiger partial charge on any atom is -0.299 e. The smallest absolute Gasteiger partial charge is 0.0850 e. The lowest BCUT2D eigenvalue weighted by Gasteiger charge is -2.38. The molecule has 0 aromatic heterocycles. The van der Waals surface area contributed by atoms with E-state index in [1.807, 2.05) is 12.1 Å². The van der Waals surface area contributed by atoms with Gasteiger partial charge in [0.15, 0.2) is 0 Å². The van der Waals surface area contributed by atoms with E-state index in [0.29, 0.717) is 5.92 Å². The Balaban J connectivity index is 1.73. The molecule has 0 aliphatic heterocycles. The summed E-state index contributed by atoms with van der Waals surface area (Å²) in [5, 5.41) is 11.2. The predicted molar refractivity (Wildman–Crippen MR) is 127 cm³/mol. The van der Waals surface area contributed by atoms with Gasteiger partial charge in [0.25, 0.3) is 0 Å². The number of rotatable bonds is 10. The zero-order valence-electron chi connectivity index (χ0n) is 18.3. The van der Waals surface area contributed by atoms with E-state index < -0.39 is 5.41 Å². The van der Waals surface area contributed by atoms with Crippen molar-refractivity contribution >= 4 is 11.6 Å². The Morgan fingerprint density at radius 2 is 1.70 bits per heavy atom. The van der Waals surface area contributed by atoms with Crippen molar-refractivity contribution in [3.8, 4) is 6.07 Å². The van der Waals surface area contributed by atoms with Crippen molar-refractivity contribution in [2.75, 3.05) is 13.1 Å². The number of hydrogen-bond donors (Lipinski definition) is 0. The van der Waals surface area contributed by atoms with Crippen molar-refractivity contribution in [2.24, 2.45) is 5.92 Å². The summed E-state index contributed by atoms with van der Waals surface area (Å²) in [7, 11) is 0. The average Bonchev–Trinajstić information content (AvgIpc) is 2.79. The van der Waals surface area contributed by atoms with Crippen molar-refractivity contribution in [3.05, 3.63) is 70.7 Å². The Kier molecular flexibility index (Phi) is 8.79. The van der Waals surface area contributed by atoms with Crippen LogP contribution in [0.25, 0.3) is 0 Å². The fraction of sp³-hybridized carbons (Fsp3) is 0.519. The van der Waals surface area contributed by atoms with E-state index in [4.69, 9.17) is 11.6 Å². The number of halogens is 1. The monoisotopic (exact) mass is 422 g/mol. The maximum Gasteiger partial charge on any atom is 0.0850 e. The van der Waals surface area contributed by atoms with E-state index in [9.17, 15) is 5.26 Å². The van der Waals surface area contributed by atoms with Gasteiger partial charge < -0.3 is 0 Å². The fourth-order valence-corrected chi connectivity index (χ4v) is 5.27. The largest absolute Gasteiger partial charge is 0.299 e. The first-order valence-electron chi connectivity index (χ1n) is 11.6. The summed E-state index contributed by atoms with van der Waals surface area (Å²) in [5.41, 5.74) is 2.13. The third-order valence-electron chi connectivity index (χ3n) is 6.70. The molecule has 0 radical (unpaired) electrons. The van der Waals surface area contributed by atoms with Crippen LogP contribution in [0.5, 0.6) is 0 Å². The van der Waals surface area contributed by atoms with E-state index in [-0.39, 0.29) is 0 Å². The predicted octanol–water partition coefficient (Wildman–Crippen LogP) is 7.37. The van der Waals surface area contributed by atoms with E-state index in [0.717, 1.165) is 49.5 Å². The second kappa shape index (κ2) is 11.5. The molecule has 1 saturated carbocycles. The fourth-order valence-electron chi connectivity index (χ4n) is 5.15. The summed E-state index contributed by atoms with van der Waals surface area (Å²) >= 11 is 6.16. The van der Waals surface area contributed by atoms with Crippen molar-refractivity contribution in [1.82, 2.24) is 4.90 Å². The maximum absolute atomic E-state index is 10.5. The van der Waals surface area contributed by atoms with Gasteiger partial charge in [0.1, 0.15) is 0 Å². The van der Waals surface area contributed by atoms with Crippen LogP contribution < -0.4 is 0 Å². The van der Waals surface area contributed by atoms with E-state index in [1.165, 1.54) is 37.7 Å². The Morgan fingerprint density at radius 3 is 2.33 bits per heavy atom. The van der Waals surface area contributed by atoms with Gasteiger partial charge in [-0.2, -0.15) is 5.26 Å². The molecule has 2 nitrogen and oxygen atoms in total. The summed E-state index contributed by atoms with van der Waals surface area (Å²) in [6, 6.07) is 21.6. The lowest BCUT2D eigenvalue weighted by atomic mass is 9.63. The van der Waals surface area contributed by atoms with Gasteiger partial charge >= 0.3 is 0 Å². The molecular weight excluding hydrogens is 388 g/mol.